The van der Waals surface area contributed by atoms with Crippen molar-refractivity contribution in [2.45, 2.75) is 26.1 Å². The summed E-state index contributed by atoms with van der Waals surface area (Å²) in [6.45, 7) is 1.77. The smallest absolute Gasteiger partial charge is 0.160 e. The van der Waals surface area contributed by atoms with Crippen LogP contribution in [0, 0.1) is 0 Å². The SMILES string of the molecule is CCCC(OC)OCO. The van der Waals surface area contributed by atoms with Crippen LogP contribution in [0.1, 0.15) is 19.8 Å². The zero-order valence-electron chi connectivity index (χ0n) is 5.96. The van der Waals surface area contributed by atoms with Gasteiger partial charge in [-0.05, 0) is 6.42 Å². The Kier molecular flexibility index (Phi) is 5.93. The monoisotopic (exact) mass is 134 g/mol. The molecule has 0 saturated heterocycles. The molecule has 0 saturated carbocycles. The minimum Gasteiger partial charge on any atom is -0.371 e. The standard InChI is InChI=1S/C6H14O3/c1-3-4-6(8-2)9-5-7/h6-7H,3-5H2,1-2H3. The quantitative estimate of drug-likeness (QED) is 0.563. The summed E-state index contributed by atoms with van der Waals surface area (Å²) in [5.41, 5.74) is 0. The molecule has 56 valence electrons. The summed E-state index contributed by atoms with van der Waals surface area (Å²) in [7, 11) is 1.57. The van der Waals surface area contributed by atoms with Gasteiger partial charge in [-0.1, -0.05) is 13.3 Å². The molecule has 3 heteroatoms. The van der Waals surface area contributed by atoms with Gasteiger partial charge in [-0.25, -0.2) is 0 Å². The lowest BCUT2D eigenvalue weighted by Gasteiger charge is -2.12. The van der Waals surface area contributed by atoms with Crippen molar-refractivity contribution in [3.05, 3.63) is 0 Å². The fourth-order valence-electron chi connectivity index (χ4n) is 0.588. The highest BCUT2D eigenvalue weighted by Crippen LogP contribution is 2.00. The first-order chi connectivity index (χ1) is 4.35. The van der Waals surface area contributed by atoms with E-state index < -0.39 is 0 Å². The molecule has 0 aliphatic carbocycles. The number of aliphatic hydroxyl groups excluding tert-OH is 1. The van der Waals surface area contributed by atoms with Gasteiger partial charge in [0.25, 0.3) is 0 Å². The summed E-state index contributed by atoms with van der Waals surface area (Å²) in [5, 5.41) is 8.29. The van der Waals surface area contributed by atoms with Crippen LogP contribution in [0.3, 0.4) is 0 Å². The normalized spacial score (nSPS) is 13.7. The van der Waals surface area contributed by atoms with E-state index in [0.29, 0.717) is 0 Å². The Morgan fingerprint density at radius 1 is 1.56 bits per heavy atom. The van der Waals surface area contributed by atoms with Crippen molar-refractivity contribution in [3.8, 4) is 0 Å². The summed E-state index contributed by atoms with van der Waals surface area (Å²) < 4.78 is 9.61. The Morgan fingerprint density at radius 2 is 2.22 bits per heavy atom. The predicted octanol–water partition coefficient (Wildman–Crippen LogP) is 0.725. The van der Waals surface area contributed by atoms with Gasteiger partial charge in [0.2, 0.25) is 0 Å². The molecule has 0 rings (SSSR count). The van der Waals surface area contributed by atoms with E-state index in [4.69, 9.17) is 14.6 Å². The number of hydrogen-bond donors (Lipinski definition) is 1. The molecule has 3 nitrogen and oxygen atoms in total. The summed E-state index contributed by atoms with van der Waals surface area (Å²) >= 11 is 0. The van der Waals surface area contributed by atoms with Crippen LogP contribution in [0.2, 0.25) is 0 Å². The van der Waals surface area contributed by atoms with Crippen LogP contribution in [-0.4, -0.2) is 25.3 Å². The van der Waals surface area contributed by atoms with Crippen LogP contribution < -0.4 is 0 Å². The highest BCUT2D eigenvalue weighted by atomic mass is 16.7. The van der Waals surface area contributed by atoms with Gasteiger partial charge in [0, 0.05) is 7.11 Å². The van der Waals surface area contributed by atoms with Gasteiger partial charge in [0.15, 0.2) is 6.29 Å². The third-order valence-corrected chi connectivity index (χ3v) is 1.05. The number of ether oxygens (including phenoxy) is 2. The van der Waals surface area contributed by atoms with Crippen LogP contribution in [0.15, 0.2) is 0 Å². The lowest BCUT2D eigenvalue weighted by molar-refractivity contribution is -0.170. The van der Waals surface area contributed by atoms with E-state index in [9.17, 15) is 0 Å². The maximum atomic E-state index is 8.29. The molecule has 0 bridgehead atoms. The second-order valence-electron chi connectivity index (χ2n) is 1.75. The number of hydrogen-bond acceptors (Lipinski definition) is 3. The second-order valence-corrected chi connectivity index (χ2v) is 1.75. The summed E-state index contributed by atoms with van der Waals surface area (Å²) in [5.74, 6) is 0. The zero-order chi connectivity index (χ0) is 7.11. The fraction of sp³-hybridized carbons (Fsp3) is 1.00. The molecule has 0 fully saturated rings. The predicted molar refractivity (Wildman–Crippen MR) is 33.9 cm³/mol. The Hall–Kier alpha value is -0.120. The third-order valence-electron chi connectivity index (χ3n) is 1.05. The Morgan fingerprint density at radius 3 is 2.56 bits per heavy atom. The first-order valence-corrected chi connectivity index (χ1v) is 3.10. The molecule has 0 aliphatic heterocycles. The van der Waals surface area contributed by atoms with Gasteiger partial charge < -0.3 is 14.6 Å². The van der Waals surface area contributed by atoms with Crippen molar-refractivity contribution < 1.29 is 14.6 Å². The molecule has 0 aliphatic rings. The Labute approximate surface area is 55.6 Å². The number of rotatable bonds is 5. The molecule has 0 amide bonds. The zero-order valence-corrected chi connectivity index (χ0v) is 5.96. The molecule has 0 spiro atoms. The fourth-order valence-corrected chi connectivity index (χ4v) is 0.588. The van der Waals surface area contributed by atoms with E-state index in [1.54, 1.807) is 7.11 Å². The van der Waals surface area contributed by atoms with E-state index in [2.05, 4.69) is 0 Å². The van der Waals surface area contributed by atoms with Crippen LogP contribution in [0.4, 0.5) is 0 Å². The van der Waals surface area contributed by atoms with E-state index in [-0.39, 0.29) is 13.1 Å². The molecule has 1 atom stereocenters. The van der Waals surface area contributed by atoms with Crippen molar-refractivity contribution in [2.24, 2.45) is 0 Å². The average molecular weight is 134 g/mol. The minimum absolute atomic E-state index is 0.236. The average Bonchev–Trinajstić information content (AvgIpc) is 1.88. The molecule has 0 aromatic rings. The Bertz CT molecular complexity index is 50.3. The van der Waals surface area contributed by atoms with Gasteiger partial charge in [-0.15, -0.1) is 0 Å². The highest BCUT2D eigenvalue weighted by molar-refractivity contribution is 4.38. The van der Waals surface area contributed by atoms with Crippen molar-refractivity contribution in [2.75, 3.05) is 13.9 Å². The highest BCUT2D eigenvalue weighted by Gasteiger charge is 2.02. The van der Waals surface area contributed by atoms with Gasteiger partial charge in [0.1, 0.15) is 6.79 Å². The molecular formula is C6H14O3. The van der Waals surface area contributed by atoms with Gasteiger partial charge in [-0.2, -0.15) is 0 Å². The van der Waals surface area contributed by atoms with Crippen molar-refractivity contribution in [3.63, 3.8) is 0 Å². The molecule has 0 aromatic heterocycles. The minimum atomic E-state index is -0.265. The lowest BCUT2D eigenvalue weighted by atomic mass is 10.3. The molecule has 0 heterocycles. The second kappa shape index (κ2) is 6.01. The lowest BCUT2D eigenvalue weighted by Crippen LogP contribution is -2.15. The largest absolute Gasteiger partial charge is 0.371 e. The van der Waals surface area contributed by atoms with E-state index >= 15 is 0 Å². The maximum Gasteiger partial charge on any atom is 0.160 e. The van der Waals surface area contributed by atoms with E-state index in [1.807, 2.05) is 6.92 Å². The van der Waals surface area contributed by atoms with E-state index in [1.165, 1.54) is 0 Å². The number of aliphatic hydroxyl groups is 1. The third kappa shape index (κ3) is 4.39. The molecule has 0 aromatic carbocycles. The summed E-state index contributed by atoms with van der Waals surface area (Å²) in [6, 6.07) is 0. The van der Waals surface area contributed by atoms with Crippen molar-refractivity contribution >= 4 is 0 Å². The molecule has 9 heavy (non-hydrogen) atoms. The molecule has 0 radical (unpaired) electrons. The molecule has 1 N–H and O–H groups in total. The molecular weight excluding hydrogens is 120 g/mol. The first-order valence-electron chi connectivity index (χ1n) is 3.10. The van der Waals surface area contributed by atoms with Gasteiger partial charge in [0.05, 0.1) is 0 Å². The van der Waals surface area contributed by atoms with E-state index in [0.717, 1.165) is 12.8 Å². The summed E-state index contributed by atoms with van der Waals surface area (Å²) in [4.78, 5) is 0. The van der Waals surface area contributed by atoms with Gasteiger partial charge in [-0.3, -0.25) is 0 Å². The maximum absolute atomic E-state index is 8.29. The topological polar surface area (TPSA) is 38.7 Å². The first kappa shape index (κ1) is 8.88. The Balaban J connectivity index is 3.18. The molecule has 1 unspecified atom stereocenters. The van der Waals surface area contributed by atoms with Crippen molar-refractivity contribution in [1.29, 1.82) is 0 Å². The van der Waals surface area contributed by atoms with Crippen molar-refractivity contribution in [1.82, 2.24) is 0 Å². The van der Waals surface area contributed by atoms with Crippen LogP contribution in [-0.2, 0) is 9.47 Å². The van der Waals surface area contributed by atoms with Crippen LogP contribution in [0.5, 0.6) is 0 Å². The van der Waals surface area contributed by atoms with Gasteiger partial charge >= 0.3 is 0 Å². The summed E-state index contributed by atoms with van der Waals surface area (Å²) in [6.07, 6.45) is 1.59. The van der Waals surface area contributed by atoms with Crippen LogP contribution >= 0.6 is 0 Å². The number of methoxy groups -OCH3 is 1. The van der Waals surface area contributed by atoms with Crippen LogP contribution in [0.25, 0.3) is 0 Å².